The number of amides is 1. The molecule has 1 aromatic carbocycles. The summed E-state index contributed by atoms with van der Waals surface area (Å²) in [5.74, 6) is 0.101. The first kappa shape index (κ1) is 15.5. The van der Waals surface area contributed by atoms with E-state index in [1.54, 1.807) is 0 Å². The van der Waals surface area contributed by atoms with Gasteiger partial charge in [0.1, 0.15) is 0 Å². The summed E-state index contributed by atoms with van der Waals surface area (Å²) in [6, 6.07) is 9.72. The van der Waals surface area contributed by atoms with E-state index in [-0.39, 0.29) is 18.6 Å². The Balaban J connectivity index is 1.93. The summed E-state index contributed by atoms with van der Waals surface area (Å²) in [5.41, 5.74) is 0.510. The molecule has 5 nitrogen and oxygen atoms in total. The summed E-state index contributed by atoms with van der Waals surface area (Å²) < 4.78 is 10.9. The molecular weight excluding hydrogens is 282 g/mol. The molecule has 2 heterocycles. The van der Waals surface area contributed by atoms with Crippen LogP contribution in [0.25, 0.3) is 0 Å². The number of rotatable bonds is 3. The van der Waals surface area contributed by atoms with Crippen molar-refractivity contribution in [1.29, 1.82) is 0 Å². The number of nitrogens with zero attached hydrogens (tertiary/aromatic N) is 1. The van der Waals surface area contributed by atoms with E-state index in [4.69, 9.17) is 9.47 Å². The van der Waals surface area contributed by atoms with Crippen LogP contribution in [0.3, 0.4) is 0 Å². The lowest BCUT2D eigenvalue weighted by molar-refractivity contribution is -0.151. The number of benzene rings is 1. The van der Waals surface area contributed by atoms with Gasteiger partial charge in [-0.2, -0.15) is 0 Å². The van der Waals surface area contributed by atoms with Crippen LogP contribution in [0, 0.1) is 0 Å². The van der Waals surface area contributed by atoms with Gasteiger partial charge in [0.2, 0.25) is 5.91 Å². The average molecular weight is 305 g/mol. The normalized spacial score (nSPS) is 25.0. The van der Waals surface area contributed by atoms with Crippen LogP contribution in [0.2, 0.25) is 0 Å². The van der Waals surface area contributed by atoms with Crippen LogP contribution in [0.15, 0.2) is 30.3 Å². The number of hydrogen-bond acceptors (Lipinski definition) is 4. The monoisotopic (exact) mass is 305 g/mol. The van der Waals surface area contributed by atoms with Gasteiger partial charge in [-0.1, -0.05) is 30.3 Å². The highest BCUT2D eigenvalue weighted by molar-refractivity contribution is 5.88. The van der Waals surface area contributed by atoms with Gasteiger partial charge in [-0.25, -0.2) is 0 Å². The summed E-state index contributed by atoms with van der Waals surface area (Å²) in [6.07, 6.45) is 1.37. The van der Waals surface area contributed by atoms with E-state index in [1.165, 1.54) is 0 Å². The van der Waals surface area contributed by atoms with E-state index in [0.29, 0.717) is 45.8 Å². The minimum Gasteiger partial charge on any atom is -0.394 e. The Morgan fingerprint density at radius 3 is 2.59 bits per heavy atom. The van der Waals surface area contributed by atoms with Crippen molar-refractivity contribution < 1.29 is 19.4 Å². The first-order valence-corrected chi connectivity index (χ1v) is 7.91. The summed E-state index contributed by atoms with van der Waals surface area (Å²) in [7, 11) is 0. The molecule has 0 aromatic heterocycles. The van der Waals surface area contributed by atoms with E-state index in [2.05, 4.69) is 0 Å². The maximum Gasteiger partial charge on any atom is 0.233 e. The molecule has 5 heteroatoms. The average Bonchev–Trinajstić information content (AvgIpc) is 2.62. The van der Waals surface area contributed by atoms with Crippen molar-refractivity contribution in [3.63, 3.8) is 0 Å². The number of aliphatic hydroxyl groups is 1. The maximum atomic E-state index is 13.3. The van der Waals surface area contributed by atoms with Crippen LogP contribution < -0.4 is 0 Å². The highest BCUT2D eigenvalue weighted by atomic mass is 16.5. The lowest BCUT2D eigenvalue weighted by Gasteiger charge is -2.44. The van der Waals surface area contributed by atoms with E-state index in [9.17, 15) is 9.90 Å². The molecular formula is C17H23NO4. The number of morpholine rings is 1. The van der Waals surface area contributed by atoms with E-state index < -0.39 is 5.41 Å². The molecule has 2 aliphatic heterocycles. The van der Waals surface area contributed by atoms with Gasteiger partial charge >= 0.3 is 0 Å². The smallest absolute Gasteiger partial charge is 0.233 e. The molecule has 0 bridgehead atoms. The quantitative estimate of drug-likeness (QED) is 0.903. The van der Waals surface area contributed by atoms with Crippen LogP contribution in [0.4, 0.5) is 0 Å². The van der Waals surface area contributed by atoms with Crippen LogP contribution in [-0.2, 0) is 19.7 Å². The Morgan fingerprint density at radius 1 is 1.18 bits per heavy atom. The molecule has 3 rings (SSSR count). The molecule has 120 valence electrons. The molecule has 1 unspecified atom stereocenters. The second-order valence-corrected chi connectivity index (χ2v) is 5.97. The highest BCUT2D eigenvalue weighted by Gasteiger charge is 2.45. The van der Waals surface area contributed by atoms with Crippen LogP contribution in [0.5, 0.6) is 0 Å². The Morgan fingerprint density at radius 2 is 1.91 bits per heavy atom. The van der Waals surface area contributed by atoms with Gasteiger partial charge in [0.15, 0.2) is 0 Å². The maximum absolute atomic E-state index is 13.3. The fourth-order valence-electron chi connectivity index (χ4n) is 3.45. The van der Waals surface area contributed by atoms with Gasteiger partial charge in [-0.15, -0.1) is 0 Å². The minimum absolute atomic E-state index is 0.0624. The van der Waals surface area contributed by atoms with E-state index in [1.807, 2.05) is 35.2 Å². The molecule has 1 amide bonds. The van der Waals surface area contributed by atoms with Crippen molar-refractivity contribution in [1.82, 2.24) is 4.90 Å². The van der Waals surface area contributed by atoms with Gasteiger partial charge in [0, 0.05) is 19.8 Å². The third kappa shape index (κ3) is 2.76. The molecule has 2 aliphatic rings. The number of carbonyl (C=O) groups excluding carboxylic acids is 1. The third-order valence-electron chi connectivity index (χ3n) is 4.78. The Kier molecular flexibility index (Phi) is 4.76. The zero-order chi connectivity index (χ0) is 15.4. The largest absolute Gasteiger partial charge is 0.394 e. The zero-order valence-electron chi connectivity index (χ0n) is 12.7. The lowest BCUT2D eigenvalue weighted by Crippen LogP contribution is -2.58. The molecule has 2 fully saturated rings. The second-order valence-electron chi connectivity index (χ2n) is 5.97. The molecule has 0 spiro atoms. The fourth-order valence-corrected chi connectivity index (χ4v) is 3.45. The van der Waals surface area contributed by atoms with E-state index >= 15 is 0 Å². The number of hydrogen-bond donors (Lipinski definition) is 1. The molecule has 0 aliphatic carbocycles. The van der Waals surface area contributed by atoms with Gasteiger partial charge < -0.3 is 19.5 Å². The SMILES string of the molecule is O=C(N1CCOCC1CO)C1(c2ccccc2)CCOCC1. The molecule has 1 N–H and O–H groups in total. The standard InChI is InChI=1S/C17H23NO4/c19-12-15-13-22-11-8-18(15)16(20)17(6-9-21-10-7-17)14-4-2-1-3-5-14/h1-5,15,19H,6-13H2. The van der Waals surface area contributed by atoms with Crippen molar-refractivity contribution in [2.45, 2.75) is 24.3 Å². The van der Waals surface area contributed by atoms with Gasteiger partial charge in [-0.3, -0.25) is 4.79 Å². The summed E-state index contributed by atoms with van der Waals surface area (Å²) in [6.45, 7) is 2.60. The fraction of sp³-hybridized carbons (Fsp3) is 0.588. The second kappa shape index (κ2) is 6.77. The van der Waals surface area contributed by atoms with Crippen molar-refractivity contribution >= 4 is 5.91 Å². The Hall–Kier alpha value is -1.43. The number of aliphatic hydroxyl groups excluding tert-OH is 1. The van der Waals surface area contributed by atoms with Gasteiger partial charge in [0.25, 0.3) is 0 Å². The van der Waals surface area contributed by atoms with Crippen LogP contribution >= 0.6 is 0 Å². The lowest BCUT2D eigenvalue weighted by atomic mass is 9.72. The predicted molar refractivity (Wildman–Crippen MR) is 81.6 cm³/mol. The zero-order valence-corrected chi connectivity index (χ0v) is 12.7. The Labute approximate surface area is 130 Å². The van der Waals surface area contributed by atoms with Crippen molar-refractivity contribution in [2.24, 2.45) is 0 Å². The van der Waals surface area contributed by atoms with Crippen molar-refractivity contribution in [3.8, 4) is 0 Å². The summed E-state index contributed by atoms with van der Waals surface area (Å²) in [5, 5.41) is 9.56. The molecule has 0 saturated carbocycles. The van der Waals surface area contributed by atoms with Crippen LogP contribution in [0.1, 0.15) is 18.4 Å². The Bertz CT molecular complexity index is 499. The molecule has 0 radical (unpaired) electrons. The van der Waals surface area contributed by atoms with Gasteiger partial charge in [0.05, 0.1) is 31.3 Å². The first-order chi connectivity index (χ1) is 10.8. The summed E-state index contributed by atoms with van der Waals surface area (Å²) in [4.78, 5) is 15.2. The predicted octanol–water partition coefficient (Wildman–Crippen LogP) is 0.954. The topological polar surface area (TPSA) is 59.0 Å². The van der Waals surface area contributed by atoms with Crippen LogP contribution in [-0.4, -0.2) is 61.5 Å². The van der Waals surface area contributed by atoms with Crippen molar-refractivity contribution in [3.05, 3.63) is 35.9 Å². The minimum atomic E-state index is -0.537. The molecule has 2 saturated heterocycles. The molecule has 1 aromatic rings. The molecule has 22 heavy (non-hydrogen) atoms. The highest BCUT2D eigenvalue weighted by Crippen LogP contribution is 2.37. The third-order valence-corrected chi connectivity index (χ3v) is 4.78. The number of ether oxygens (including phenoxy) is 2. The summed E-state index contributed by atoms with van der Waals surface area (Å²) >= 11 is 0. The van der Waals surface area contributed by atoms with E-state index in [0.717, 1.165) is 5.56 Å². The number of carbonyl (C=O) groups is 1. The van der Waals surface area contributed by atoms with Crippen molar-refractivity contribution in [2.75, 3.05) is 39.6 Å². The first-order valence-electron chi connectivity index (χ1n) is 7.91. The molecule has 1 atom stereocenters. The van der Waals surface area contributed by atoms with Gasteiger partial charge in [-0.05, 0) is 18.4 Å².